The number of benzene rings is 1. The van der Waals surface area contributed by atoms with Crippen molar-refractivity contribution in [2.45, 2.75) is 24.9 Å². The lowest BCUT2D eigenvalue weighted by Gasteiger charge is -2.38. The average Bonchev–Trinajstić information content (AvgIpc) is 3.05. The summed E-state index contributed by atoms with van der Waals surface area (Å²) < 4.78 is 11.2. The van der Waals surface area contributed by atoms with Gasteiger partial charge in [0.15, 0.2) is 6.61 Å². The van der Waals surface area contributed by atoms with Gasteiger partial charge in [0.1, 0.15) is 17.2 Å². The normalized spacial score (nSPS) is 16.9. The van der Waals surface area contributed by atoms with Crippen molar-refractivity contribution in [1.82, 2.24) is 14.9 Å². The molecule has 3 heterocycles. The molecule has 0 atom stereocenters. The van der Waals surface area contributed by atoms with E-state index < -0.39 is 18.2 Å². The second-order valence-corrected chi connectivity index (χ2v) is 7.21. The van der Waals surface area contributed by atoms with Crippen LogP contribution in [0.25, 0.3) is 0 Å². The van der Waals surface area contributed by atoms with Gasteiger partial charge < -0.3 is 30.9 Å². The van der Waals surface area contributed by atoms with Crippen LogP contribution < -0.4 is 20.9 Å². The van der Waals surface area contributed by atoms with E-state index in [-0.39, 0.29) is 11.9 Å². The van der Waals surface area contributed by atoms with Gasteiger partial charge in [0.2, 0.25) is 11.8 Å². The van der Waals surface area contributed by atoms with E-state index >= 15 is 0 Å². The number of carbonyl (C=O) groups is 2. The van der Waals surface area contributed by atoms with Crippen molar-refractivity contribution in [3.05, 3.63) is 35.4 Å². The second kappa shape index (κ2) is 7.12. The number of amides is 1. The number of carboxylic acids is 1. The summed E-state index contributed by atoms with van der Waals surface area (Å²) in [6.45, 7) is 0.643. The Labute approximate surface area is 166 Å². The van der Waals surface area contributed by atoms with Gasteiger partial charge in [-0.25, -0.2) is 4.79 Å². The summed E-state index contributed by atoms with van der Waals surface area (Å²) in [7, 11) is 0. The van der Waals surface area contributed by atoms with E-state index in [0.29, 0.717) is 55.4 Å². The zero-order chi connectivity index (χ0) is 20.6. The van der Waals surface area contributed by atoms with Gasteiger partial charge >= 0.3 is 5.97 Å². The molecule has 0 radical (unpaired) electrons. The number of nitrogens with zero attached hydrogens (tertiary/aromatic N) is 3. The summed E-state index contributed by atoms with van der Waals surface area (Å²) in [5, 5.41) is 8.64. The first-order chi connectivity index (χ1) is 13.8. The summed E-state index contributed by atoms with van der Waals surface area (Å²) in [4.78, 5) is 33.2. The molecule has 1 aromatic carbocycles. The molecular formula is C19H21N5O5. The Bertz CT molecular complexity index is 954. The standard InChI is InChI=1S/C19H21N5O5/c20-15-13-9-19(29-16(13)23-18(21)22-15)5-7-24(8-6-19)17(27)11-1-3-12(4-2-11)28-10-14(25)26/h1-4H,5-10H2,(H,25,26)(H4,20,21,22,23). The van der Waals surface area contributed by atoms with Gasteiger partial charge in [-0.3, -0.25) is 4.79 Å². The van der Waals surface area contributed by atoms with Crippen LogP contribution in [0.15, 0.2) is 24.3 Å². The second-order valence-electron chi connectivity index (χ2n) is 7.21. The van der Waals surface area contributed by atoms with Gasteiger partial charge in [-0.2, -0.15) is 9.97 Å². The topological polar surface area (TPSA) is 154 Å². The fourth-order valence-corrected chi connectivity index (χ4v) is 3.73. The Morgan fingerprint density at radius 1 is 1.17 bits per heavy atom. The molecular weight excluding hydrogens is 378 g/mol. The number of nitrogen functional groups attached to an aromatic ring is 2. The molecule has 0 aliphatic carbocycles. The maximum atomic E-state index is 12.8. The zero-order valence-electron chi connectivity index (χ0n) is 15.6. The SMILES string of the molecule is Nc1nc(N)c2c(n1)OC1(CCN(C(=O)c3ccc(OCC(=O)O)cc3)CC1)C2. The third kappa shape index (κ3) is 3.73. The predicted octanol–water partition coefficient (Wildman–Crippen LogP) is 0.714. The van der Waals surface area contributed by atoms with Gasteiger partial charge in [0.05, 0.1) is 5.56 Å². The van der Waals surface area contributed by atoms with Crippen molar-refractivity contribution in [2.75, 3.05) is 31.2 Å². The van der Waals surface area contributed by atoms with Crippen molar-refractivity contribution in [1.29, 1.82) is 0 Å². The number of piperidine rings is 1. The van der Waals surface area contributed by atoms with E-state index in [2.05, 4.69) is 9.97 Å². The first kappa shape index (κ1) is 18.8. The molecule has 152 valence electrons. The van der Waals surface area contributed by atoms with Crippen LogP contribution in [0, 0.1) is 0 Å². The van der Waals surface area contributed by atoms with E-state index in [0.717, 1.165) is 5.56 Å². The van der Waals surface area contributed by atoms with Crippen LogP contribution in [0.5, 0.6) is 11.6 Å². The van der Waals surface area contributed by atoms with Gasteiger partial charge in [-0.05, 0) is 24.3 Å². The average molecular weight is 399 g/mol. The van der Waals surface area contributed by atoms with Crippen LogP contribution in [0.1, 0.15) is 28.8 Å². The number of rotatable bonds is 4. The smallest absolute Gasteiger partial charge is 0.341 e. The van der Waals surface area contributed by atoms with Crippen molar-refractivity contribution in [3.8, 4) is 11.6 Å². The van der Waals surface area contributed by atoms with E-state index in [1.54, 1.807) is 29.2 Å². The third-order valence-electron chi connectivity index (χ3n) is 5.26. The van der Waals surface area contributed by atoms with Gasteiger partial charge in [0, 0.05) is 37.9 Å². The molecule has 10 nitrogen and oxygen atoms in total. The maximum absolute atomic E-state index is 12.8. The van der Waals surface area contributed by atoms with Crippen molar-refractivity contribution >= 4 is 23.6 Å². The molecule has 2 aromatic rings. The Morgan fingerprint density at radius 3 is 2.52 bits per heavy atom. The number of carbonyl (C=O) groups excluding carboxylic acids is 1. The van der Waals surface area contributed by atoms with Crippen LogP contribution in [-0.4, -0.2) is 57.1 Å². The highest BCUT2D eigenvalue weighted by Crippen LogP contribution is 2.42. The fraction of sp³-hybridized carbons (Fsp3) is 0.368. The lowest BCUT2D eigenvalue weighted by Crippen LogP contribution is -2.49. The van der Waals surface area contributed by atoms with Crippen LogP contribution in [0.3, 0.4) is 0 Å². The Hall–Kier alpha value is -3.56. The van der Waals surface area contributed by atoms with Gasteiger partial charge in [-0.1, -0.05) is 0 Å². The first-order valence-electron chi connectivity index (χ1n) is 9.20. The molecule has 5 N–H and O–H groups in total. The number of likely N-dealkylation sites (tertiary alicyclic amines) is 1. The quantitative estimate of drug-likeness (QED) is 0.674. The molecule has 0 unspecified atom stereocenters. The molecule has 2 aliphatic heterocycles. The Morgan fingerprint density at radius 2 is 1.86 bits per heavy atom. The molecule has 29 heavy (non-hydrogen) atoms. The molecule has 1 amide bonds. The number of fused-ring (bicyclic) bond motifs is 1. The van der Waals surface area contributed by atoms with Gasteiger partial charge in [0.25, 0.3) is 5.91 Å². The first-order valence-corrected chi connectivity index (χ1v) is 9.20. The molecule has 0 saturated carbocycles. The Balaban J connectivity index is 1.38. The summed E-state index contributed by atoms with van der Waals surface area (Å²) >= 11 is 0. The maximum Gasteiger partial charge on any atom is 0.341 e. The zero-order valence-corrected chi connectivity index (χ0v) is 15.6. The van der Waals surface area contributed by atoms with Crippen molar-refractivity contribution < 1.29 is 24.2 Å². The molecule has 1 saturated heterocycles. The fourth-order valence-electron chi connectivity index (χ4n) is 3.73. The molecule has 0 bridgehead atoms. The minimum atomic E-state index is -1.06. The molecule has 1 aromatic heterocycles. The van der Waals surface area contributed by atoms with Gasteiger partial charge in [-0.15, -0.1) is 0 Å². The van der Waals surface area contributed by atoms with Crippen LogP contribution in [-0.2, 0) is 11.2 Å². The van der Waals surface area contributed by atoms with E-state index in [9.17, 15) is 9.59 Å². The number of hydrogen-bond donors (Lipinski definition) is 3. The minimum absolute atomic E-state index is 0.0849. The number of aliphatic carboxylic acids is 1. The van der Waals surface area contributed by atoms with Crippen LogP contribution in [0.2, 0.25) is 0 Å². The number of aromatic nitrogens is 2. The van der Waals surface area contributed by atoms with E-state index in [1.807, 2.05) is 0 Å². The minimum Gasteiger partial charge on any atom is -0.482 e. The summed E-state index contributed by atoms with van der Waals surface area (Å²) in [5.74, 6) is 0.112. The summed E-state index contributed by atoms with van der Waals surface area (Å²) in [6, 6.07) is 6.43. The van der Waals surface area contributed by atoms with Crippen LogP contribution >= 0.6 is 0 Å². The highest BCUT2D eigenvalue weighted by Gasteiger charge is 2.44. The molecule has 10 heteroatoms. The number of carboxylic acid groups (broad SMARTS) is 1. The monoisotopic (exact) mass is 399 g/mol. The molecule has 4 rings (SSSR count). The third-order valence-corrected chi connectivity index (χ3v) is 5.26. The lowest BCUT2D eigenvalue weighted by molar-refractivity contribution is -0.139. The summed E-state index contributed by atoms with van der Waals surface area (Å²) in [5.41, 5.74) is 12.4. The molecule has 1 spiro atoms. The molecule has 2 aliphatic rings. The summed E-state index contributed by atoms with van der Waals surface area (Å²) in [6.07, 6.45) is 1.90. The highest BCUT2D eigenvalue weighted by molar-refractivity contribution is 5.94. The van der Waals surface area contributed by atoms with Crippen molar-refractivity contribution in [2.24, 2.45) is 0 Å². The van der Waals surface area contributed by atoms with E-state index in [4.69, 9.17) is 26.0 Å². The predicted molar refractivity (Wildman–Crippen MR) is 103 cm³/mol. The molecule has 1 fully saturated rings. The lowest BCUT2D eigenvalue weighted by atomic mass is 9.87. The van der Waals surface area contributed by atoms with Crippen molar-refractivity contribution in [3.63, 3.8) is 0 Å². The van der Waals surface area contributed by atoms with E-state index in [1.165, 1.54) is 0 Å². The Kier molecular flexibility index (Phi) is 4.61. The number of hydrogen-bond acceptors (Lipinski definition) is 8. The highest BCUT2D eigenvalue weighted by atomic mass is 16.5. The largest absolute Gasteiger partial charge is 0.482 e. The van der Waals surface area contributed by atoms with Crippen LogP contribution in [0.4, 0.5) is 11.8 Å². The number of ether oxygens (including phenoxy) is 2. The number of nitrogens with two attached hydrogens (primary N) is 2. The number of anilines is 2.